The molecule has 0 aliphatic heterocycles. The van der Waals surface area contributed by atoms with E-state index in [0.717, 1.165) is 22.0 Å². The van der Waals surface area contributed by atoms with E-state index < -0.39 is 6.04 Å². The van der Waals surface area contributed by atoms with Crippen molar-refractivity contribution in [1.82, 2.24) is 19.8 Å². The van der Waals surface area contributed by atoms with Crippen LogP contribution in [0, 0.1) is 0 Å². The van der Waals surface area contributed by atoms with Crippen molar-refractivity contribution < 1.29 is 9.59 Å². The molecule has 138 valence electrons. The number of nitrogens with one attached hydrogen (secondary N) is 1. The number of hydrogen-bond acceptors (Lipinski definition) is 6. The number of amides is 2. The van der Waals surface area contributed by atoms with Gasteiger partial charge in [0.15, 0.2) is 5.69 Å². The molecule has 0 fully saturated rings. The average Bonchev–Trinajstić information content (AvgIpc) is 3.40. The van der Waals surface area contributed by atoms with Crippen LogP contribution in [0.4, 0.5) is 0 Å². The first-order chi connectivity index (χ1) is 13.2. The van der Waals surface area contributed by atoms with Gasteiger partial charge in [-0.2, -0.15) is 0 Å². The minimum absolute atomic E-state index is 0.220. The second-order valence-electron chi connectivity index (χ2n) is 5.66. The predicted octanol–water partition coefficient (Wildman–Crippen LogP) is 3.29. The van der Waals surface area contributed by atoms with Crippen molar-refractivity contribution >= 4 is 34.7 Å². The van der Waals surface area contributed by atoms with Gasteiger partial charge in [0.1, 0.15) is 6.04 Å². The Hall–Kier alpha value is -2.84. The van der Waals surface area contributed by atoms with E-state index in [1.165, 1.54) is 16.2 Å². The molecule has 2 heterocycles. The third-order valence-electron chi connectivity index (χ3n) is 3.85. The van der Waals surface area contributed by atoms with E-state index in [1.54, 1.807) is 11.5 Å². The third-order valence-corrected chi connectivity index (χ3v) is 5.28. The molecule has 0 radical (unpaired) electrons. The monoisotopic (exact) mass is 398 g/mol. The Morgan fingerprint density at radius 1 is 1.22 bits per heavy atom. The van der Waals surface area contributed by atoms with Crippen LogP contribution in [0.2, 0.25) is 0 Å². The van der Waals surface area contributed by atoms with Gasteiger partial charge >= 0.3 is 0 Å². The van der Waals surface area contributed by atoms with Crippen molar-refractivity contribution in [3.8, 4) is 0 Å². The van der Waals surface area contributed by atoms with E-state index in [-0.39, 0.29) is 24.1 Å². The summed E-state index contributed by atoms with van der Waals surface area (Å²) in [5, 5.41) is 10.2. The van der Waals surface area contributed by atoms with Crippen molar-refractivity contribution in [2.75, 3.05) is 6.54 Å². The number of hydrogen-bond donors (Lipinski definition) is 1. The van der Waals surface area contributed by atoms with Crippen molar-refractivity contribution in [2.45, 2.75) is 12.6 Å². The number of nitrogens with zero attached hydrogens (tertiary/aromatic N) is 3. The Bertz CT molecular complexity index is 880. The Morgan fingerprint density at radius 3 is 2.67 bits per heavy atom. The number of aromatic nitrogens is 2. The summed E-state index contributed by atoms with van der Waals surface area (Å²) in [6.45, 7) is 4.33. The van der Waals surface area contributed by atoms with Crippen LogP contribution in [0.3, 0.4) is 0 Å². The Balaban J connectivity index is 1.85. The lowest BCUT2D eigenvalue weighted by molar-refractivity contribution is -0.125. The summed E-state index contributed by atoms with van der Waals surface area (Å²) < 4.78 is 3.75. The third kappa shape index (κ3) is 4.66. The highest BCUT2D eigenvalue weighted by molar-refractivity contribution is 7.10. The Labute approximate surface area is 165 Å². The van der Waals surface area contributed by atoms with Crippen LogP contribution in [-0.4, -0.2) is 32.8 Å². The quantitative estimate of drug-likeness (QED) is 0.591. The van der Waals surface area contributed by atoms with E-state index in [9.17, 15) is 9.59 Å². The van der Waals surface area contributed by atoms with Gasteiger partial charge in [-0.25, -0.2) is 0 Å². The van der Waals surface area contributed by atoms with Gasteiger partial charge in [0.2, 0.25) is 5.91 Å². The fourth-order valence-corrected chi connectivity index (χ4v) is 3.87. The summed E-state index contributed by atoms with van der Waals surface area (Å²) >= 11 is 2.52. The van der Waals surface area contributed by atoms with Crippen LogP contribution in [0.25, 0.3) is 0 Å². The van der Waals surface area contributed by atoms with Crippen LogP contribution in [0.1, 0.15) is 27.0 Å². The minimum Gasteiger partial charge on any atom is -0.350 e. The second-order valence-corrected chi connectivity index (χ2v) is 7.25. The molecule has 2 aromatic heterocycles. The molecule has 0 unspecified atom stereocenters. The van der Waals surface area contributed by atoms with Gasteiger partial charge in [0, 0.05) is 23.3 Å². The highest BCUT2D eigenvalue weighted by atomic mass is 32.1. The fourth-order valence-electron chi connectivity index (χ4n) is 2.60. The molecule has 0 saturated heterocycles. The zero-order valence-electron chi connectivity index (χ0n) is 14.4. The predicted molar refractivity (Wildman–Crippen MR) is 106 cm³/mol. The summed E-state index contributed by atoms with van der Waals surface area (Å²) in [5.74, 6) is -0.600. The summed E-state index contributed by atoms with van der Waals surface area (Å²) in [6.07, 6.45) is 1.60. The van der Waals surface area contributed by atoms with Crippen molar-refractivity contribution in [3.63, 3.8) is 0 Å². The number of carbonyl (C=O) groups is 2. The van der Waals surface area contributed by atoms with Gasteiger partial charge < -0.3 is 10.2 Å². The van der Waals surface area contributed by atoms with E-state index in [0.29, 0.717) is 6.54 Å². The molecule has 0 aliphatic rings. The zero-order valence-corrected chi connectivity index (χ0v) is 16.1. The number of carbonyl (C=O) groups excluding carboxylic acids is 2. The molecule has 3 rings (SSSR count). The molecule has 2 amide bonds. The van der Waals surface area contributed by atoms with Crippen molar-refractivity contribution in [3.05, 3.63) is 82.0 Å². The molecule has 6 nitrogen and oxygen atoms in total. The van der Waals surface area contributed by atoms with Gasteiger partial charge in [-0.3, -0.25) is 9.59 Å². The maximum Gasteiger partial charge on any atom is 0.276 e. The summed E-state index contributed by atoms with van der Waals surface area (Å²) in [5.41, 5.74) is 1.21. The maximum absolute atomic E-state index is 13.0. The lowest BCUT2D eigenvalue weighted by Gasteiger charge is -2.28. The number of thiophene rings is 1. The highest BCUT2D eigenvalue weighted by Gasteiger charge is 2.32. The van der Waals surface area contributed by atoms with Crippen molar-refractivity contribution in [2.24, 2.45) is 0 Å². The molecule has 1 atom stereocenters. The van der Waals surface area contributed by atoms with Crippen LogP contribution in [-0.2, 0) is 11.3 Å². The topological polar surface area (TPSA) is 75.2 Å². The molecular weight excluding hydrogens is 380 g/mol. The molecular formula is C19H18N4O2S2. The summed E-state index contributed by atoms with van der Waals surface area (Å²) in [4.78, 5) is 28.2. The van der Waals surface area contributed by atoms with E-state index >= 15 is 0 Å². The average molecular weight is 399 g/mol. The summed E-state index contributed by atoms with van der Waals surface area (Å²) in [6, 6.07) is 12.6. The lowest BCUT2D eigenvalue weighted by atomic mass is 10.1. The molecule has 1 aromatic carbocycles. The molecule has 8 heteroatoms. The van der Waals surface area contributed by atoms with Gasteiger partial charge in [-0.1, -0.05) is 47.0 Å². The molecule has 27 heavy (non-hydrogen) atoms. The second kappa shape index (κ2) is 9.20. The molecule has 0 aliphatic carbocycles. The van der Waals surface area contributed by atoms with E-state index in [2.05, 4.69) is 21.5 Å². The van der Waals surface area contributed by atoms with E-state index in [4.69, 9.17) is 0 Å². The number of rotatable bonds is 8. The smallest absolute Gasteiger partial charge is 0.276 e. The Kier molecular flexibility index (Phi) is 6.45. The zero-order chi connectivity index (χ0) is 19.1. The van der Waals surface area contributed by atoms with E-state index in [1.807, 2.05) is 47.8 Å². The fraction of sp³-hybridized carbons (Fsp3) is 0.158. The lowest BCUT2D eigenvalue weighted by Crippen LogP contribution is -2.43. The van der Waals surface area contributed by atoms with Crippen molar-refractivity contribution in [1.29, 1.82) is 0 Å². The summed E-state index contributed by atoms with van der Waals surface area (Å²) in [7, 11) is 0. The molecule has 1 N–H and O–H groups in total. The first kappa shape index (κ1) is 18.9. The SMILES string of the molecule is C=CCN(C(=O)c1csnn1)[C@@H](C(=O)NCc1ccccc1)c1cccs1. The van der Waals surface area contributed by atoms with Crippen LogP contribution in [0.15, 0.2) is 65.9 Å². The minimum atomic E-state index is -0.763. The van der Waals surface area contributed by atoms with Crippen LogP contribution >= 0.6 is 22.9 Å². The van der Waals surface area contributed by atoms with Gasteiger partial charge in [-0.15, -0.1) is 23.0 Å². The largest absolute Gasteiger partial charge is 0.350 e. The normalized spacial score (nSPS) is 11.6. The Morgan fingerprint density at radius 2 is 2.04 bits per heavy atom. The van der Waals surface area contributed by atoms with Gasteiger partial charge in [0.05, 0.1) is 0 Å². The van der Waals surface area contributed by atoms with Crippen LogP contribution in [0.5, 0.6) is 0 Å². The molecule has 0 saturated carbocycles. The van der Waals surface area contributed by atoms with Gasteiger partial charge in [0.25, 0.3) is 5.91 Å². The maximum atomic E-state index is 13.0. The first-order valence-electron chi connectivity index (χ1n) is 8.24. The molecule has 3 aromatic rings. The first-order valence-corrected chi connectivity index (χ1v) is 9.96. The molecule has 0 bridgehead atoms. The molecule has 0 spiro atoms. The highest BCUT2D eigenvalue weighted by Crippen LogP contribution is 2.27. The van der Waals surface area contributed by atoms with Crippen LogP contribution < -0.4 is 5.32 Å². The van der Waals surface area contributed by atoms with Gasteiger partial charge in [-0.05, 0) is 28.5 Å². The standard InChI is InChI=1S/C19H18N4O2S2/c1-2-10-23(19(25)15-13-27-22-21-15)17(16-9-6-11-26-16)18(24)20-12-14-7-4-3-5-8-14/h2-9,11,13,17H,1,10,12H2,(H,20,24)/t17-/m1/s1. The number of benzene rings is 1.